The lowest BCUT2D eigenvalue weighted by Crippen LogP contribution is -3.16. The SMILES string of the molecule is O=C(Cl)C12C3C4C1C1(C(=O)Cl)C4C3(C(=O)Cl)C21. The molecular weight excluding hydrogens is 286 g/mol. The molecule has 0 radical (unpaired) electrons. The fourth-order valence-corrected chi connectivity index (χ4v) is 7.98. The zero-order chi connectivity index (χ0) is 12.1. The van der Waals surface area contributed by atoms with Gasteiger partial charge in [0.25, 0.3) is 0 Å². The normalized spacial score (nSPS) is 69.7. The van der Waals surface area contributed by atoms with Gasteiger partial charge < -0.3 is 0 Å². The van der Waals surface area contributed by atoms with Gasteiger partial charge in [-0.2, -0.15) is 0 Å². The van der Waals surface area contributed by atoms with Crippen molar-refractivity contribution in [1.29, 1.82) is 0 Å². The number of hydrogen-bond acceptors (Lipinski definition) is 3. The Morgan fingerprint density at radius 1 is 0.706 bits per heavy atom. The van der Waals surface area contributed by atoms with Crippen molar-refractivity contribution in [2.75, 3.05) is 0 Å². The molecule has 6 aliphatic rings. The lowest BCUT2D eigenvalue weighted by molar-refractivity contribution is -0.647. The smallest absolute Gasteiger partial charge is 0.228 e. The molecule has 6 rings (SSSR count). The molecule has 0 aromatic carbocycles. The van der Waals surface area contributed by atoms with E-state index in [-0.39, 0.29) is 29.6 Å². The summed E-state index contributed by atoms with van der Waals surface area (Å²) in [6.07, 6.45) is 0. The maximum absolute atomic E-state index is 11.6. The summed E-state index contributed by atoms with van der Waals surface area (Å²) < 4.78 is 0. The quantitative estimate of drug-likeness (QED) is 0.738. The minimum Gasteiger partial charge on any atom is -0.281 e. The Labute approximate surface area is 111 Å². The van der Waals surface area contributed by atoms with E-state index < -0.39 is 32.0 Å². The first-order valence-electron chi connectivity index (χ1n) is 5.53. The van der Waals surface area contributed by atoms with Crippen LogP contribution in [-0.2, 0) is 14.4 Å². The van der Waals surface area contributed by atoms with Crippen LogP contribution in [0.5, 0.6) is 0 Å². The average Bonchev–Trinajstić information content (AvgIpc) is 2.26. The highest BCUT2D eigenvalue weighted by Crippen LogP contribution is 3.15. The molecule has 0 N–H and O–H groups in total. The summed E-state index contributed by atoms with van der Waals surface area (Å²) in [5.41, 5.74) is -1.89. The van der Waals surface area contributed by atoms with Crippen LogP contribution in [0.25, 0.3) is 0 Å². The zero-order valence-electron chi connectivity index (χ0n) is 8.25. The van der Waals surface area contributed by atoms with Gasteiger partial charge in [-0.15, -0.1) is 0 Å². The van der Waals surface area contributed by atoms with Crippen LogP contribution in [0, 0.1) is 45.8 Å². The second-order valence-corrected chi connectivity index (χ2v) is 7.09. The van der Waals surface area contributed by atoms with Crippen LogP contribution in [-0.4, -0.2) is 15.7 Å². The van der Waals surface area contributed by atoms with Crippen molar-refractivity contribution in [3.8, 4) is 0 Å². The van der Waals surface area contributed by atoms with Crippen LogP contribution in [0.4, 0.5) is 0 Å². The second kappa shape index (κ2) is 2.00. The highest BCUT2D eigenvalue weighted by Gasteiger charge is 3.19. The van der Waals surface area contributed by atoms with E-state index in [1.165, 1.54) is 0 Å². The van der Waals surface area contributed by atoms with Crippen molar-refractivity contribution < 1.29 is 14.4 Å². The van der Waals surface area contributed by atoms with E-state index in [9.17, 15) is 14.4 Å². The Hall–Kier alpha value is -0.120. The first-order valence-corrected chi connectivity index (χ1v) is 6.66. The molecule has 0 unspecified atom stereocenters. The van der Waals surface area contributed by atoms with Gasteiger partial charge in [-0.05, 0) is 58.5 Å². The molecule has 6 saturated carbocycles. The van der Waals surface area contributed by atoms with Crippen LogP contribution >= 0.6 is 34.8 Å². The van der Waals surface area contributed by atoms with Crippen molar-refractivity contribution >= 4 is 50.5 Å². The Kier molecular flexibility index (Phi) is 1.15. The van der Waals surface area contributed by atoms with Crippen LogP contribution in [0.2, 0.25) is 0 Å². The number of carbonyl (C=O) groups excluding carboxylic acids is 3. The first kappa shape index (κ1) is 9.76. The minimum absolute atomic E-state index is 0.00268. The molecule has 0 aromatic heterocycles. The van der Waals surface area contributed by atoms with Crippen molar-refractivity contribution in [2.45, 2.75) is 0 Å². The highest BCUT2D eigenvalue weighted by molar-refractivity contribution is 6.70. The molecule has 0 aromatic rings. The largest absolute Gasteiger partial charge is 0.281 e. The second-order valence-electron chi connectivity index (χ2n) is 6.06. The van der Waals surface area contributed by atoms with Crippen molar-refractivity contribution in [1.82, 2.24) is 0 Å². The topological polar surface area (TPSA) is 51.2 Å². The molecule has 6 fully saturated rings. The Balaban J connectivity index is 1.72. The summed E-state index contributed by atoms with van der Waals surface area (Å²) in [5.74, 6) is -0.00530. The maximum atomic E-state index is 11.6. The number of halogens is 3. The van der Waals surface area contributed by atoms with Gasteiger partial charge in [-0.3, -0.25) is 14.4 Å². The van der Waals surface area contributed by atoms with Crippen LogP contribution in [0.15, 0.2) is 0 Å². The summed E-state index contributed by atoms with van der Waals surface area (Å²) in [7, 11) is 0. The minimum atomic E-state index is -0.629. The highest BCUT2D eigenvalue weighted by atomic mass is 35.5. The van der Waals surface area contributed by atoms with E-state index in [0.717, 1.165) is 0 Å². The number of carbonyl (C=O) groups is 3. The molecule has 0 saturated heterocycles. The summed E-state index contributed by atoms with van der Waals surface area (Å²) in [4.78, 5) is 34.8. The lowest BCUT2D eigenvalue weighted by atomic mass is 8.88. The third kappa shape index (κ3) is 0.435. The predicted molar refractivity (Wildman–Crippen MR) is 57.3 cm³/mol. The fraction of sp³-hybridized carbons (Fsp3) is 0.727. The Morgan fingerprint density at radius 3 is 1.24 bits per heavy atom. The molecule has 6 aliphatic carbocycles. The van der Waals surface area contributed by atoms with E-state index in [4.69, 9.17) is 34.8 Å². The van der Waals surface area contributed by atoms with Gasteiger partial charge in [0, 0.05) is 5.92 Å². The molecule has 0 bridgehead atoms. The van der Waals surface area contributed by atoms with Crippen molar-refractivity contribution in [3.63, 3.8) is 0 Å². The van der Waals surface area contributed by atoms with Gasteiger partial charge in [0.05, 0.1) is 16.2 Å². The van der Waals surface area contributed by atoms with Crippen LogP contribution < -0.4 is 0 Å². The fourth-order valence-electron chi connectivity index (χ4n) is 6.95. The maximum Gasteiger partial charge on any atom is 0.228 e. The lowest BCUT2D eigenvalue weighted by Gasteiger charge is -3.12. The molecule has 0 atom stereocenters. The Morgan fingerprint density at radius 2 is 1.00 bits per heavy atom. The molecular formula is C11H5Cl3O3. The van der Waals surface area contributed by atoms with E-state index in [1.54, 1.807) is 0 Å². The van der Waals surface area contributed by atoms with Gasteiger partial charge in [0.15, 0.2) is 0 Å². The average molecular weight is 292 g/mol. The monoisotopic (exact) mass is 290 g/mol. The van der Waals surface area contributed by atoms with Gasteiger partial charge in [0.1, 0.15) is 0 Å². The standard InChI is InChI=1S/C11H5Cl3O3/c12-6(15)9-2-1-3(9)11(8(14)17)4(1)10(2,5(9)11)7(13)16/h1-5H. The van der Waals surface area contributed by atoms with Crippen LogP contribution in [0.3, 0.4) is 0 Å². The molecule has 17 heavy (non-hydrogen) atoms. The van der Waals surface area contributed by atoms with Crippen molar-refractivity contribution in [2.24, 2.45) is 45.8 Å². The first-order chi connectivity index (χ1) is 7.93. The van der Waals surface area contributed by atoms with Gasteiger partial charge in [0.2, 0.25) is 15.7 Å². The summed E-state index contributed by atoms with van der Waals surface area (Å²) in [6, 6.07) is 0. The van der Waals surface area contributed by atoms with E-state index >= 15 is 0 Å². The van der Waals surface area contributed by atoms with E-state index in [1.807, 2.05) is 0 Å². The third-order valence-electron chi connectivity index (χ3n) is 6.70. The summed E-state index contributed by atoms with van der Waals surface area (Å²) in [5, 5.41) is -1.23. The molecule has 0 amide bonds. The van der Waals surface area contributed by atoms with Gasteiger partial charge in [-0.1, -0.05) is 0 Å². The molecule has 3 nitrogen and oxygen atoms in total. The zero-order valence-corrected chi connectivity index (χ0v) is 10.5. The van der Waals surface area contributed by atoms with Gasteiger partial charge in [-0.25, -0.2) is 0 Å². The summed E-state index contributed by atoms with van der Waals surface area (Å²) in [6.45, 7) is 0. The summed E-state index contributed by atoms with van der Waals surface area (Å²) >= 11 is 17.0. The number of rotatable bonds is 3. The van der Waals surface area contributed by atoms with E-state index in [2.05, 4.69) is 0 Å². The van der Waals surface area contributed by atoms with Crippen molar-refractivity contribution in [3.05, 3.63) is 0 Å². The molecule has 0 aliphatic heterocycles. The molecule has 0 heterocycles. The predicted octanol–water partition coefficient (Wildman–Crippen LogP) is 1.39. The third-order valence-corrected chi connectivity index (χ3v) is 7.68. The number of hydrogen-bond donors (Lipinski definition) is 0. The molecule has 0 spiro atoms. The Bertz CT molecular complexity index is 490. The molecule has 88 valence electrons. The molecule has 6 heteroatoms. The van der Waals surface area contributed by atoms with Gasteiger partial charge >= 0.3 is 0 Å². The van der Waals surface area contributed by atoms with E-state index in [0.29, 0.717) is 0 Å². The van der Waals surface area contributed by atoms with Crippen LogP contribution in [0.1, 0.15) is 0 Å².